The van der Waals surface area contributed by atoms with Gasteiger partial charge in [-0.05, 0) is 52.3 Å². The van der Waals surface area contributed by atoms with E-state index in [1.807, 2.05) is 24.3 Å². The van der Waals surface area contributed by atoms with E-state index >= 15 is 0 Å². The molecule has 1 aromatic carbocycles. The number of piperidine rings is 1. The molecule has 1 aromatic rings. The lowest BCUT2D eigenvalue weighted by molar-refractivity contribution is -0.145. The zero-order chi connectivity index (χ0) is 16.8. The minimum absolute atomic E-state index is 0.0213. The Balaban J connectivity index is 0.000000295. The maximum Gasteiger partial charge on any atom is 0.308 e. The molecule has 0 unspecified atom stereocenters. The second kappa shape index (κ2) is 8.44. The summed E-state index contributed by atoms with van der Waals surface area (Å²) in [6.07, 6.45) is 3.30. The first-order valence-electron chi connectivity index (χ1n) is 7.48. The molecule has 1 fully saturated rings. The lowest BCUT2D eigenvalue weighted by atomic mass is 9.96. The molecule has 22 heavy (non-hydrogen) atoms. The molecule has 1 aliphatic heterocycles. The van der Waals surface area contributed by atoms with Crippen LogP contribution in [0.2, 0.25) is 0 Å². The number of carboxylic acid groups (broad SMARTS) is 1. The predicted molar refractivity (Wildman–Crippen MR) is 91.2 cm³/mol. The fourth-order valence-corrected chi connectivity index (χ4v) is 2.32. The lowest BCUT2D eigenvalue weighted by Crippen LogP contribution is -2.40. The highest BCUT2D eigenvalue weighted by atomic mass is 79.9. The average molecular weight is 370 g/mol. The largest absolute Gasteiger partial charge is 0.481 e. The first-order chi connectivity index (χ1) is 10.2. The summed E-state index contributed by atoms with van der Waals surface area (Å²) < 4.78 is 0.962. The molecule has 2 rings (SSSR count). The van der Waals surface area contributed by atoms with Gasteiger partial charge in [0.05, 0.1) is 11.5 Å². The third-order valence-corrected chi connectivity index (χ3v) is 3.87. The molecule has 4 nitrogen and oxygen atoms in total. The first-order valence-corrected chi connectivity index (χ1v) is 8.27. The minimum Gasteiger partial charge on any atom is -0.481 e. The van der Waals surface area contributed by atoms with Crippen molar-refractivity contribution >= 4 is 27.7 Å². The Kier molecular flexibility index (Phi) is 7.23. The summed E-state index contributed by atoms with van der Waals surface area (Å²) in [6.45, 7) is 5.95. The lowest BCUT2D eigenvalue weighted by Gasteiger charge is -2.22. The number of rotatable bonds is 2. The van der Waals surface area contributed by atoms with Gasteiger partial charge >= 0.3 is 5.97 Å². The van der Waals surface area contributed by atoms with Crippen molar-refractivity contribution in [1.82, 2.24) is 5.32 Å². The normalized spacial score (nSPS) is 18.1. The van der Waals surface area contributed by atoms with Crippen molar-refractivity contribution in [3.63, 3.8) is 0 Å². The van der Waals surface area contributed by atoms with E-state index in [1.54, 1.807) is 20.8 Å². The van der Waals surface area contributed by atoms with E-state index in [1.165, 1.54) is 6.42 Å². The van der Waals surface area contributed by atoms with Gasteiger partial charge in [-0.2, -0.15) is 0 Å². The Bertz CT molecular complexity index is 517. The summed E-state index contributed by atoms with van der Waals surface area (Å²) in [5, 5.41) is 11.5. The summed E-state index contributed by atoms with van der Waals surface area (Å²) in [4.78, 5) is 22.1. The zero-order valence-electron chi connectivity index (χ0n) is 13.4. The van der Waals surface area contributed by atoms with Crippen LogP contribution in [-0.2, 0) is 4.79 Å². The van der Waals surface area contributed by atoms with Crippen molar-refractivity contribution < 1.29 is 14.7 Å². The van der Waals surface area contributed by atoms with E-state index < -0.39 is 11.4 Å². The summed E-state index contributed by atoms with van der Waals surface area (Å²) in [5.41, 5.74) is 0.212. The van der Waals surface area contributed by atoms with Crippen LogP contribution >= 0.6 is 15.9 Å². The summed E-state index contributed by atoms with van der Waals surface area (Å²) >= 11 is 3.38. The SMILES string of the molecule is CC(C)(C)C(=O)O.O=C(c1cccc(Br)c1)[C@@H]1CCCCN1. The number of hydrogen-bond donors (Lipinski definition) is 2. The van der Waals surface area contributed by atoms with E-state index in [4.69, 9.17) is 5.11 Å². The molecule has 1 heterocycles. The van der Waals surface area contributed by atoms with Gasteiger partial charge in [0.15, 0.2) is 5.78 Å². The third-order valence-electron chi connectivity index (χ3n) is 3.38. The second-order valence-electron chi connectivity index (χ2n) is 6.43. The van der Waals surface area contributed by atoms with Gasteiger partial charge in [0.1, 0.15) is 0 Å². The first kappa shape index (κ1) is 18.8. The molecule has 0 aromatic heterocycles. The van der Waals surface area contributed by atoms with Gasteiger partial charge in [-0.1, -0.05) is 34.5 Å². The van der Waals surface area contributed by atoms with Crippen LogP contribution in [0.15, 0.2) is 28.7 Å². The fourth-order valence-electron chi connectivity index (χ4n) is 1.92. The van der Waals surface area contributed by atoms with Crippen LogP contribution in [0.3, 0.4) is 0 Å². The Labute approximate surface area is 140 Å². The highest BCUT2D eigenvalue weighted by molar-refractivity contribution is 9.10. The fraction of sp³-hybridized carbons (Fsp3) is 0.529. The molecule has 0 amide bonds. The summed E-state index contributed by atoms with van der Waals surface area (Å²) in [7, 11) is 0. The number of nitrogens with one attached hydrogen (secondary N) is 1. The Morgan fingerprint density at radius 1 is 1.27 bits per heavy atom. The van der Waals surface area contributed by atoms with Crippen LogP contribution in [0.4, 0.5) is 0 Å². The van der Waals surface area contributed by atoms with Gasteiger partial charge in [0.25, 0.3) is 0 Å². The summed E-state index contributed by atoms with van der Waals surface area (Å²) in [6, 6.07) is 7.63. The molecule has 122 valence electrons. The predicted octanol–water partition coefficient (Wildman–Crippen LogP) is 3.89. The van der Waals surface area contributed by atoms with Crippen molar-refractivity contribution in [2.45, 2.75) is 46.1 Å². The quantitative estimate of drug-likeness (QED) is 0.776. The Morgan fingerprint density at radius 3 is 2.36 bits per heavy atom. The number of carboxylic acids is 1. The molecule has 0 bridgehead atoms. The number of benzene rings is 1. The van der Waals surface area contributed by atoms with Gasteiger partial charge in [0.2, 0.25) is 0 Å². The van der Waals surface area contributed by atoms with E-state index in [-0.39, 0.29) is 11.8 Å². The number of halogens is 1. The van der Waals surface area contributed by atoms with E-state index in [0.717, 1.165) is 29.4 Å². The van der Waals surface area contributed by atoms with Crippen molar-refractivity contribution in [3.05, 3.63) is 34.3 Å². The Morgan fingerprint density at radius 2 is 1.91 bits per heavy atom. The van der Waals surface area contributed by atoms with E-state index in [2.05, 4.69) is 21.2 Å². The van der Waals surface area contributed by atoms with Crippen LogP contribution < -0.4 is 5.32 Å². The molecule has 2 N–H and O–H groups in total. The molecular formula is C17H24BrNO3. The van der Waals surface area contributed by atoms with Gasteiger partial charge in [-0.3, -0.25) is 9.59 Å². The van der Waals surface area contributed by atoms with Crippen LogP contribution in [0.25, 0.3) is 0 Å². The monoisotopic (exact) mass is 369 g/mol. The molecule has 0 radical (unpaired) electrons. The minimum atomic E-state index is -0.757. The number of hydrogen-bond acceptors (Lipinski definition) is 3. The maximum atomic E-state index is 12.1. The van der Waals surface area contributed by atoms with Crippen LogP contribution in [0, 0.1) is 5.41 Å². The maximum absolute atomic E-state index is 12.1. The molecule has 1 atom stereocenters. The molecule has 1 saturated heterocycles. The van der Waals surface area contributed by atoms with Gasteiger partial charge in [0, 0.05) is 10.0 Å². The number of aliphatic carboxylic acids is 1. The topological polar surface area (TPSA) is 66.4 Å². The molecule has 0 aliphatic carbocycles. The van der Waals surface area contributed by atoms with Crippen molar-refractivity contribution in [3.8, 4) is 0 Å². The smallest absolute Gasteiger partial charge is 0.308 e. The molecular weight excluding hydrogens is 346 g/mol. The average Bonchev–Trinajstić information content (AvgIpc) is 2.47. The van der Waals surface area contributed by atoms with Crippen LogP contribution in [0.1, 0.15) is 50.4 Å². The van der Waals surface area contributed by atoms with Gasteiger partial charge in [-0.15, -0.1) is 0 Å². The zero-order valence-corrected chi connectivity index (χ0v) is 14.9. The molecule has 5 heteroatoms. The second-order valence-corrected chi connectivity index (χ2v) is 7.35. The standard InChI is InChI=1S/C12H14BrNO.C5H10O2/c13-10-5-3-4-9(8-10)12(15)11-6-1-2-7-14-11;1-5(2,3)4(6)7/h3-5,8,11,14H,1-2,6-7H2;1-3H3,(H,6,7)/t11-;/m0./s1. The van der Waals surface area contributed by atoms with E-state index in [0.29, 0.717) is 0 Å². The van der Waals surface area contributed by atoms with E-state index in [9.17, 15) is 9.59 Å². The summed E-state index contributed by atoms with van der Waals surface area (Å²) in [5.74, 6) is -0.538. The third kappa shape index (κ3) is 6.28. The van der Waals surface area contributed by atoms with Crippen molar-refractivity contribution in [2.75, 3.05) is 6.54 Å². The Hall–Kier alpha value is -1.20. The van der Waals surface area contributed by atoms with Crippen LogP contribution in [-0.4, -0.2) is 29.4 Å². The number of Topliss-reactive ketones (excluding diaryl/α,β-unsaturated/α-hetero) is 1. The molecule has 0 saturated carbocycles. The molecule has 0 spiro atoms. The highest BCUT2D eigenvalue weighted by Gasteiger charge is 2.21. The number of ketones is 1. The molecule has 1 aliphatic rings. The van der Waals surface area contributed by atoms with Crippen LogP contribution in [0.5, 0.6) is 0 Å². The van der Waals surface area contributed by atoms with Crippen molar-refractivity contribution in [1.29, 1.82) is 0 Å². The number of carbonyl (C=O) groups excluding carboxylic acids is 1. The number of carbonyl (C=O) groups is 2. The van der Waals surface area contributed by atoms with Crippen molar-refractivity contribution in [2.24, 2.45) is 5.41 Å². The van der Waals surface area contributed by atoms with Gasteiger partial charge < -0.3 is 10.4 Å². The van der Waals surface area contributed by atoms with Gasteiger partial charge in [-0.25, -0.2) is 0 Å². The highest BCUT2D eigenvalue weighted by Crippen LogP contribution is 2.16.